The molecule has 0 saturated carbocycles. The first-order chi connectivity index (χ1) is 8.38. The predicted molar refractivity (Wildman–Crippen MR) is 73.2 cm³/mol. The number of nitrogens with zero attached hydrogens (tertiary/aromatic N) is 1. The van der Waals surface area contributed by atoms with Crippen LogP contribution in [0, 0.1) is 5.92 Å². The molecule has 1 aromatic rings. The van der Waals surface area contributed by atoms with E-state index in [1.807, 2.05) is 0 Å². The average molecular weight is 251 g/mol. The van der Waals surface area contributed by atoms with E-state index in [1.54, 1.807) is 11.3 Å². The predicted octanol–water partition coefficient (Wildman–Crippen LogP) is 2.90. The highest BCUT2D eigenvalue weighted by molar-refractivity contribution is 7.09. The fourth-order valence-electron chi connectivity index (χ4n) is 2.39. The van der Waals surface area contributed by atoms with Gasteiger partial charge in [-0.3, -0.25) is 4.90 Å². The Hall–Kier alpha value is -0.640. The van der Waals surface area contributed by atoms with Gasteiger partial charge in [0.15, 0.2) is 0 Å². The monoisotopic (exact) mass is 251 g/mol. The molecule has 3 heteroatoms. The maximum Gasteiger partial charge on any atom is 0.0558 e. The summed E-state index contributed by atoms with van der Waals surface area (Å²) in [5.41, 5.74) is 0. The van der Waals surface area contributed by atoms with Crippen LogP contribution in [-0.2, 0) is 6.54 Å². The Bertz CT molecular complexity index is 334. The molecule has 2 rings (SSSR count). The first-order valence-corrected chi connectivity index (χ1v) is 7.27. The molecule has 1 atom stereocenters. The minimum atomic E-state index is 0.258. The third-order valence-electron chi connectivity index (χ3n) is 3.27. The summed E-state index contributed by atoms with van der Waals surface area (Å²) in [6.45, 7) is 3.15. The quantitative estimate of drug-likeness (QED) is 0.786. The van der Waals surface area contributed by atoms with Crippen molar-refractivity contribution in [2.75, 3.05) is 19.7 Å². The van der Waals surface area contributed by atoms with Crippen LogP contribution >= 0.6 is 11.3 Å². The number of allylic oxidation sites excluding steroid dienone is 2. The first-order valence-electron chi connectivity index (χ1n) is 6.39. The summed E-state index contributed by atoms with van der Waals surface area (Å²) in [5, 5.41) is 11.3. The van der Waals surface area contributed by atoms with E-state index in [0.29, 0.717) is 0 Å². The maximum absolute atomic E-state index is 9.14. The van der Waals surface area contributed by atoms with Gasteiger partial charge in [-0.1, -0.05) is 18.2 Å². The van der Waals surface area contributed by atoms with Crippen molar-refractivity contribution >= 4 is 11.3 Å². The Morgan fingerprint density at radius 1 is 1.41 bits per heavy atom. The first kappa shape index (κ1) is 12.8. The summed E-state index contributed by atoms with van der Waals surface area (Å²) in [7, 11) is 0. The van der Waals surface area contributed by atoms with Gasteiger partial charge in [0.25, 0.3) is 0 Å². The number of hydrogen-bond donors (Lipinski definition) is 1. The molecule has 0 aromatic carbocycles. The van der Waals surface area contributed by atoms with Crippen LogP contribution in [0.15, 0.2) is 29.7 Å². The molecule has 1 aliphatic carbocycles. The molecule has 1 aliphatic rings. The standard InChI is InChI=1S/C14H21NOS/c16-9-8-15(12-14-7-4-10-17-14)11-13-5-2-1-3-6-13/h1-2,4,7,10,13,16H,3,5-6,8-9,11-12H2. The summed E-state index contributed by atoms with van der Waals surface area (Å²) in [4.78, 5) is 3.78. The minimum absolute atomic E-state index is 0.258. The van der Waals surface area contributed by atoms with E-state index in [4.69, 9.17) is 5.11 Å². The molecule has 1 aromatic heterocycles. The zero-order valence-electron chi connectivity index (χ0n) is 10.2. The van der Waals surface area contributed by atoms with Gasteiger partial charge in [-0.15, -0.1) is 11.3 Å². The van der Waals surface area contributed by atoms with E-state index in [1.165, 1.54) is 24.1 Å². The fraction of sp³-hybridized carbons (Fsp3) is 0.571. The van der Waals surface area contributed by atoms with Gasteiger partial charge in [-0.25, -0.2) is 0 Å². The van der Waals surface area contributed by atoms with Gasteiger partial charge in [-0.2, -0.15) is 0 Å². The Morgan fingerprint density at radius 3 is 3.00 bits per heavy atom. The van der Waals surface area contributed by atoms with Crippen LogP contribution in [0.2, 0.25) is 0 Å². The van der Waals surface area contributed by atoms with Crippen LogP contribution in [0.4, 0.5) is 0 Å². The van der Waals surface area contributed by atoms with Gasteiger partial charge in [0.05, 0.1) is 6.61 Å². The SMILES string of the molecule is OCCN(Cc1cccs1)CC1CC=CCC1. The topological polar surface area (TPSA) is 23.5 Å². The minimum Gasteiger partial charge on any atom is -0.395 e. The van der Waals surface area contributed by atoms with Crippen molar-refractivity contribution in [2.24, 2.45) is 5.92 Å². The van der Waals surface area contributed by atoms with Crippen molar-refractivity contribution in [1.82, 2.24) is 4.90 Å². The Balaban J connectivity index is 1.85. The molecule has 0 saturated heterocycles. The van der Waals surface area contributed by atoms with Crippen molar-refractivity contribution in [3.63, 3.8) is 0 Å². The molecular weight excluding hydrogens is 230 g/mol. The molecule has 0 radical (unpaired) electrons. The van der Waals surface area contributed by atoms with E-state index in [0.717, 1.165) is 25.6 Å². The third kappa shape index (κ3) is 4.26. The maximum atomic E-state index is 9.14. The van der Waals surface area contributed by atoms with Crippen LogP contribution in [0.25, 0.3) is 0 Å². The molecule has 1 unspecified atom stereocenters. The summed E-state index contributed by atoms with van der Waals surface area (Å²) in [6.07, 6.45) is 8.30. The molecule has 1 N–H and O–H groups in total. The number of thiophene rings is 1. The smallest absolute Gasteiger partial charge is 0.0558 e. The Labute approximate surface area is 108 Å². The Kier molecular flexibility index (Phi) is 5.23. The van der Waals surface area contributed by atoms with Crippen molar-refractivity contribution in [3.05, 3.63) is 34.5 Å². The summed E-state index contributed by atoms with van der Waals surface area (Å²) >= 11 is 1.80. The average Bonchev–Trinajstić information content (AvgIpc) is 2.83. The molecule has 94 valence electrons. The van der Waals surface area contributed by atoms with E-state index in [2.05, 4.69) is 34.6 Å². The van der Waals surface area contributed by atoms with Crippen molar-refractivity contribution < 1.29 is 5.11 Å². The highest BCUT2D eigenvalue weighted by atomic mass is 32.1. The molecule has 0 spiro atoms. The van der Waals surface area contributed by atoms with Crippen molar-refractivity contribution in [3.8, 4) is 0 Å². The van der Waals surface area contributed by atoms with Crippen LogP contribution in [0.5, 0.6) is 0 Å². The molecule has 17 heavy (non-hydrogen) atoms. The molecule has 0 aliphatic heterocycles. The largest absolute Gasteiger partial charge is 0.395 e. The molecule has 1 heterocycles. The molecule has 2 nitrogen and oxygen atoms in total. The molecular formula is C14H21NOS. The fourth-order valence-corrected chi connectivity index (χ4v) is 3.13. The second kappa shape index (κ2) is 6.94. The van der Waals surface area contributed by atoms with E-state index < -0.39 is 0 Å². The lowest BCUT2D eigenvalue weighted by Crippen LogP contribution is -2.31. The number of aliphatic hydroxyl groups excluding tert-OH is 1. The van der Waals surface area contributed by atoms with Gasteiger partial charge >= 0.3 is 0 Å². The van der Waals surface area contributed by atoms with Gasteiger partial charge < -0.3 is 5.11 Å². The second-order valence-electron chi connectivity index (χ2n) is 4.69. The third-order valence-corrected chi connectivity index (χ3v) is 4.13. The van der Waals surface area contributed by atoms with Gasteiger partial charge in [0.2, 0.25) is 0 Å². The number of rotatable bonds is 6. The van der Waals surface area contributed by atoms with Crippen LogP contribution < -0.4 is 0 Å². The lowest BCUT2D eigenvalue weighted by Gasteiger charge is -2.27. The van der Waals surface area contributed by atoms with Crippen molar-refractivity contribution in [2.45, 2.75) is 25.8 Å². The summed E-state index contributed by atoms with van der Waals surface area (Å²) in [5.74, 6) is 0.770. The van der Waals surface area contributed by atoms with Gasteiger partial charge in [-0.05, 0) is 36.6 Å². The van der Waals surface area contributed by atoms with E-state index in [-0.39, 0.29) is 6.61 Å². The van der Waals surface area contributed by atoms with E-state index >= 15 is 0 Å². The highest BCUT2D eigenvalue weighted by Gasteiger charge is 2.15. The van der Waals surface area contributed by atoms with Gasteiger partial charge in [0.1, 0.15) is 0 Å². The van der Waals surface area contributed by atoms with Gasteiger partial charge in [0, 0.05) is 24.5 Å². The normalized spacial score (nSPS) is 20.0. The number of aliphatic hydroxyl groups is 1. The van der Waals surface area contributed by atoms with Crippen LogP contribution in [0.3, 0.4) is 0 Å². The lowest BCUT2D eigenvalue weighted by atomic mass is 9.94. The zero-order chi connectivity index (χ0) is 11.9. The second-order valence-corrected chi connectivity index (χ2v) is 5.72. The lowest BCUT2D eigenvalue weighted by molar-refractivity contribution is 0.166. The zero-order valence-corrected chi connectivity index (χ0v) is 11.0. The molecule has 0 fully saturated rings. The summed E-state index contributed by atoms with van der Waals surface area (Å²) in [6, 6.07) is 4.27. The highest BCUT2D eigenvalue weighted by Crippen LogP contribution is 2.21. The molecule has 0 amide bonds. The van der Waals surface area contributed by atoms with Crippen LogP contribution in [0.1, 0.15) is 24.1 Å². The Morgan fingerprint density at radius 2 is 2.35 bits per heavy atom. The van der Waals surface area contributed by atoms with Crippen LogP contribution in [-0.4, -0.2) is 29.7 Å². The van der Waals surface area contributed by atoms with E-state index in [9.17, 15) is 0 Å². The number of hydrogen-bond acceptors (Lipinski definition) is 3. The summed E-state index contributed by atoms with van der Waals surface area (Å²) < 4.78 is 0. The molecule has 0 bridgehead atoms. The van der Waals surface area contributed by atoms with Crippen molar-refractivity contribution in [1.29, 1.82) is 0 Å².